The lowest BCUT2D eigenvalue weighted by molar-refractivity contribution is -0.136. The van der Waals surface area contributed by atoms with E-state index in [2.05, 4.69) is 0 Å². The monoisotopic (exact) mass is 316 g/mol. The van der Waals surface area contributed by atoms with Crippen molar-refractivity contribution in [2.24, 2.45) is 0 Å². The maximum Gasteiger partial charge on any atom is 0.303 e. The van der Waals surface area contributed by atoms with E-state index in [-0.39, 0.29) is 6.42 Å². The molecule has 23 heavy (non-hydrogen) atoms. The Bertz CT molecular complexity index is 625. The van der Waals surface area contributed by atoms with Crippen LogP contribution >= 0.6 is 0 Å². The summed E-state index contributed by atoms with van der Waals surface area (Å²) in [5.41, 5.74) is 0.896. The molecule has 0 bridgehead atoms. The largest absolute Gasteiger partial charge is 0.493 e. The Morgan fingerprint density at radius 1 is 1.00 bits per heavy atom. The summed E-state index contributed by atoms with van der Waals surface area (Å²) in [6, 6.07) is 14.9. The average molecular weight is 316 g/mol. The van der Waals surface area contributed by atoms with E-state index in [4.69, 9.17) is 19.3 Å². The number of methoxy groups -OCH3 is 1. The number of rotatable bonds is 9. The summed E-state index contributed by atoms with van der Waals surface area (Å²) in [6.45, 7) is 0.778. The van der Waals surface area contributed by atoms with Gasteiger partial charge in [-0.2, -0.15) is 0 Å². The van der Waals surface area contributed by atoms with Crippen LogP contribution in [0.4, 0.5) is 0 Å². The number of ether oxygens (including phenoxy) is 3. The number of benzene rings is 2. The standard InChI is InChI=1S/C18H20O5/c1-21-16-9-7-14(8-10-18(19)20)13-17(16)23-12-11-22-15-5-3-2-4-6-15/h2-7,9,13H,8,10-12H2,1H3,(H,19,20). The summed E-state index contributed by atoms with van der Waals surface area (Å²) in [7, 11) is 1.57. The Labute approximate surface area is 135 Å². The molecule has 0 amide bonds. The molecule has 2 aromatic carbocycles. The lowest BCUT2D eigenvalue weighted by Crippen LogP contribution is -2.09. The molecule has 1 N–H and O–H groups in total. The molecule has 0 fully saturated rings. The summed E-state index contributed by atoms with van der Waals surface area (Å²) in [5, 5.41) is 8.75. The van der Waals surface area contributed by atoms with E-state index in [1.165, 1.54) is 0 Å². The molecule has 0 aliphatic rings. The van der Waals surface area contributed by atoms with Crippen molar-refractivity contribution in [2.45, 2.75) is 12.8 Å². The number of aliphatic carboxylic acids is 1. The minimum Gasteiger partial charge on any atom is -0.493 e. The SMILES string of the molecule is COc1ccc(CCC(=O)O)cc1OCCOc1ccccc1. The van der Waals surface area contributed by atoms with Crippen LogP contribution in [0, 0.1) is 0 Å². The molecule has 0 heterocycles. The van der Waals surface area contributed by atoms with Crippen LogP contribution in [0.1, 0.15) is 12.0 Å². The summed E-state index contributed by atoms with van der Waals surface area (Å²) in [6.07, 6.45) is 0.541. The maximum atomic E-state index is 10.7. The van der Waals surface area contributed by atoms with Gasteiger partial charge in [-0.1, -0.05) is 24.3 Å². The predicted molar refractivity (Wildman–Crippen MR) is 86.4 cm³/mol. The number of para-hydroxylation sites is 1. The zero-order chi connectivity index (χ0) is 16.5. The van der Waals surface area contributed by atoms with E-state index in [0.717, 1.165) is 11.3 Å². The fraction of sp³-hybridized carbons (Fsp3) is 0.278. The van der Waals surface area contributed by atoms with Crippen molar-refractivity contribution in [3.63, 3.8) is 0 Å². The van der Waals surface area contributed by atoms with Gasteiger partial charge in [0.25, 0.3) is 0 Å². The van der Waals surface area contributed by atoms with Gasteiger partial charge in [0.1, 0.15) is 19.0 Å². The highest BCUT2D eigenvalue weighted by Crippen LogP contribution is 2.28. The molecular weight excluding hydrogens is 296 g/mol. The van der Waals surface area contributed by atoms with Gasteiger partial charge >= 0.3 is 5.97 Å². The van der Waals surface area contributed by atoms with Crippen molar-refractivity contribution < 1.29 is 24.1 Å². The van der Waals surface area contributed by atoms with Crippen LogP contribution in [0.3, 0.4) is 0 Å². The molecule has 0 aliphatic heterocycles. The van der Waals surface area contributed by atoms with Gasteiger partial charge in [0, 0.05) is 6.42 Å². The van der Waals surface area contributed by atoms with E-state index < -0.39 is 5.97 Å². The Morgan fingerprint density at radius 2 is 1.74 bits per heavy atom. The van der Waals surface area contributed by atoms with Crippen LogP contribution in [0.15, 0.2) is 48.5 Å². The summed E-state index contributed by atoms with van der Waals surface area (Å²) < 4.78 is 16.5. The highest BCUT2D eigenvalue weighted by molar-refractivity contribution is 5.67. The zero-order valence-corrected chi connectivity index (χ0v) is 13.0. The third-order valence-electron chi connectivity index (χ3n) is 3.21. The van der Waals surface area contributed by atoms with E-state index in [1.54, 1.807) is 13.2 Å². The van der Waals surface area contributed by atoms with E-state index in [1.807, 2.05) is 42.5 Å². The maximum absolute atomic E-state index is 10.7. The van der Waals surface area contributed by atoms with Gasteiger partial charge in [0.05, 0.1) is 7.11 Å². The molecule has 122 valence electrons. The number of aryl methyl sites for hydroxylation is 1. The van der Waals surface area contributed by atoms with Crippen molar-refractivity contribution in [1.29, 1.82) is 0 Å². The third-order valence-corrected chi connectivity index (χ3v) is 3.21. The first kappa shape index (κ1) is 16.7. The van der Waals surface area contributed by atoms with E-state index >= 15 is 0 Å². The van der Waals surface area contributed by atoms with Gasteiger partial charge in [-0.05, 0) is 36.2 Å². The Balaban J connectivity index is 1.89. The molecule has 0 aromatic heterocycles. The van der Waals surface area contributed by atoms with Crippen LogP contribution in [-0.2, 0) is 11.2 Å². The molecule has 0 spiro atoms. The van der Waals surface area contributed by atoms with Crippen molar-refractivity contribution in [3.05, 3.63) is 54.1 Å². The van der Waals surface area contributed by atoms with Gasteiger partial charge in [-0.15, -0.1) is 0 Å². The quantitative estimate of drug-likeness (QED) is 0.720. The first-order chi connectivity index (χ1) is 11.2. The minimum atomic E-state index is -0.820. The Hall–Kier alpha value is -2.69. The number of carboxylic acids is 1. The molecule has 2 rings (SSSR count). The van der Waals surface area contributed by atoms with Gasteiger partial charge in [0.15, 0.2) is 11.5 Å². The lowest BCUT2D eigenvalue weighted by Gasteiger charge is -2.13. The Kier molecular flexibility index (Phi) is 6.29. The van der Waals surface area contributed by atoms with Gasteiger partial charge < -0.3 is 19.3 Å². The van der Waals surface area contributed by atoms with Gasteiger partial charge in [0.2, 0.25) is 0 Å². The van der Waals surface area contributed by atoms with E-state index in [9.17, 15) is 4.79 Å². The molecule has 5 nitrogen and oxygen atoms in total. The molecular formula is C18H20O5. The fourth-order valence-electron chi connectivity index (χ4n) is 2.07. The number of hydrogen-bond donors (Lipinski definition) is 1. The number of carboxylic acid groups (broad SMARTS) is 1. The van der Waals surface area contributed by atoms with Gasteiger partial charge in [-0.3, -0.25) is 4.79 Å². The molecule has 0 atom stereocenters. The minimum absolute atomic E-state index is 0.0862. The predicted octanol–water partition coefficient (Wildman–Crippen LogP) is 3.17. The first-order valence-electron chi connectivity index (χ1n) is 7.38. The molecule has 0 saturated carbocycles. The second kappa shape index (κ2) is 8.68. The lowest BCUT2D eigenvalue weighted by atomic mass is 10.1. The van der Waals surface area contributed by atoms with Crippen LogP contribution in [0.25, 0.3) is 0 Å². The van der Waals surface area contributed by atoms with Crippen LogP contribution in [-0.4, -0.2) is 31.4 Å². The molecule has 0 unspecified atom stereocenters. The highest BCUT2D eigenvalue weighted by Gasteiger charge is 2.07. The third kappa shape index (κ3) is 5.54. The first-order valence-corrected chi connectivity index (χ1v) is 7.38. The zero-order valence-electron chi connectivity index (χ0n) is 13.0. The smallest absolute Gasteiger partial charge is 0.303 e. The molecule has 2 aromatic rings. The van der Waals surface area contributed by atoms with Gasteiger partial charge in [-0.25, -0.2) is 0 Å². The van der Waals surface area contributed by atoms with Crippen LogP contribution in [0.2, 0.25) is 0 Å². The average Bonchev–Trinajstić information content (AvgIpc) is 2.58. The normalized spacial score (nSPS) is 10.1. The molecule has 0 radical (unpaired) electrons. The summed E-state index contributed by atoms with van der Waals surface area (Å²) in [4.78, 5) is 10.7. The van der Waals surface area contributed by atoms with Crippen molar-refractivity contribution in [1.82, 2.24) is 0 Å². The van der Waals surface area contributed by atoms with Crippen molar-refractivity contribution in [3.8, 4) is 17.2 Å². The Morgan fingerprint density at radius 3 is 2.43 bits per heavy atom. The fourth-order valence-corrected chi connectivity index (χ4v) is 2.07. The van der Waals surface area contributed by atoms with Crippen LogP contribution in [0.5, 0.6) is 17.2 Å². The molecule has 5 heteroatoms. The van der Waals surface area contributed by atoms with Crippen LogP contribution < -0.4 is 14.2 Å². The second-order valence-corrected chi connectivity index (χ2v) is 4.89. The van der Waals surface area contributed by atoms with Crippen molar-refractivity contribution >= 4 is 5.97 Å². The molecule has 0 aliphatic carbocycles. The molecule has 0 saturated heterocycles. The summed E-state index contributed by atoms with van der Waals surface area (Å²) in [5.74, 6) is 1.17. The van der Waals surface area contributed by atoms with E-state index in [0.29, 0.717) is 31.1 Å². The summed E-state index contributed by atoms with van der Waals surface area (Å²) >= 11 is 0. The number of carbonyl (C=O) groups is 1. The topological polar surface area (TPSA) is 65.0 Å². The second-order valence-electron chi connectivity index (χ2n) is 4.89. The number of hydrogen-bond acceptors (Lipinski definition) is 4. The van der Waals surface area contributed by atoms with Crippen molar-refractivity contribution in [2.75, 3.05) is 20.3 Å². The highest BCUT2D eigenvalue weighted by atomic mass is 16.5.